The number of benzene rings is 4. The lowest BCUT2D eigenvalue weighted by molar-refractivity contribution is -0.138. The summed E-state index contributed by atoms with van der Waals surface area (Å²) in [6.45, 7) is 8.01. The molecular formula is C56H63F6N11O6. The van der Waals surface area contributed by atoms with Crippen LogP contribution in [-0.4, -0.2) is 129 Å². The van der Waals surface area contributed by atoms with E-state index in [9.17, 15) is 33.1 Å². The molecule has 4 fully saturated rings. The molecule has 6 heterocycles. The first-order valence-corrected chi connectivity index (χ1v) is 26.7. The van der Waals surface area contributed by atoms with Crippen molar-refractivity contribution in [1.29, 1.82) is 0 Å². The van der Waals surface area contributed by atoms with E-state index in [1.54, 1.807) is 54.5 Å². The van der Waals surface area contributed by atoms with Gasteiger partial charge in [-0.2, -0.15) is 0 Å². The minimum atomic E-state index is -1.25. The molecule has 4 saturated heterocycles. The fourth-order valence-corrected chi connectivity index (χ4v) is 12.4. The van der Waals surface area contributed by atoms with Crippen molar-refractivity contribution in [2.24, 2.45) is 11.8 Å². The molecule has 17 nitrogen and oxygen atoms in total. The Kier molecular flexibility index (Phi) is 15.1. The number of alkyl carbamates (subject to hydrolysis) is 1. The van der Waals surface area contributed by atoms with Crippen molar-refractivity contribution in [3.05, 3.63) is 112 Å². The van der Waals surface area contributed by atoms with Crippen LogP contribution in [0.4, 0.5) is 53.0 Å². The number of nitrogens with zero attached hydrogens (tertiary/aromatic N) is 8. The monoisotopic (exact) mass is 1100 g/mol. The number of carbonyl (C=O) groups excluding carboxylic acids is 3. The lowest BCUT2D eigenvalue weighted by Gasteiger charge is -2.38. The molecule has 0 unspecified atom stereocenters. The fourth-order valence-electron chi connectivity index (χ4n) is 12.4. The number of anilines is 3. The summed E-state index contributed by atoms with van der Waals surface area (Å²) in [5.74, 6) is -5.41. The van der Waals surface area contributed by atoms with Crippen molar-refractivity contribution in [3.8, 4) is 0 Å². The third-order valence-corrected chi connectivity index (χ3v) is 16.2. The van der Waals surface area contributed by atoms with Crippen LogP contribution in [-0.2, 0) is 14.3 Å². The summed E-state index contributed by atoms with van der Waals surface area (Å²) in [4.78, 5) is 77.0. The number of amides is 4. The quantitative estimate of drug-likeness (QED) is 0.0807. The summed E-state index contributed by atoms with van der Waals surface area (Å²) in [7, 11) is 2.56. The molecule has 6 aromatic rings. The van der Waals surface area contributed by atoms with Crippen molar-refractivity contribution in [2.45, 2.75) is 102 Å². The molecule has 4 aromatic carbocycles. The minimum Gasteiger partial charge on any atom is -0.465 e. The number of carboxylic acid groups (broad SMARTS) is 1. The van der Waals surface area contributed by atoms with E-state index >= 15 is 17.6 Å². The Labute approximate surface area is 451 Å². The van der Waals surface area contributed by atoms with Crippen LogP contribution in [0, 0.1) is 46.7 Å². The number of likely N-dealkylation sites (N-methyl/N-ethyl adjacent to an activating group) is 1. The number of halogens is 6. The van der Waals surface area contributed by atoms with Crippen molar-refractivity contribution >= 4 is 63.1 Å². The largest absolute Gasteiger partial charge is 0.465 e. The highest BCUT2D eigenvalue weighted by molar-refractivity contribution is 5.87. The minimum absolute atomic E-state index is 0.0144. The van der Waals surface area contributed by atoms with Crippen LogP contribution in [0.5, 0.6) is 0 Å². The molecule has 0 aliphatic carbocycles. The molecule has 79 heavy (non-hydrogen) atoms. The van der Waals surface area contributed by atoms with E-state index in [1.807, 2.05) is 0 Å². The topological polar surface area (TPSA) is 187 Å². The normalized spacial score (nSPS) is 20.6. The second kappa shape index (κ2) is 21.8. The number of piperazine rings is 1. The highest BCUT2D eigenvalue weighted by Crippen LogP contribution is 2.50. The highest BCUT2D eigenvalue weighted by atomic mass is 19.2. The number of aromatic amines is 2. The van der Waals surface area contributed by atoms with Crippen LogP contribution in [0.3, 0.4) is 0 Å². The molecule has 420 valence electrons. The lowest BCUT2D eigenvalue weighted by atomic mass is 10.0. The Balaban J connectivity index is 1.00. The number of nitrogens with one attached hydrogen (secondary N) is 3. The van der Waals surface area contributed by atoms with Gasteiger partial charge >= 0.3 is 12.2 Å². The number of carbonyl (C=O) groups is 4. The van der Waals surface area contributed by atoms with E-state index in [0.29, 0.717) is 61.5 Å². The Morgan fingerprint density at radius 1 is 0.633 bits per heavy atom. The number of rotatable bonds is 13. The summed E-state index contributed by atoms with van der Waals surface area (Å²) >= 11 is 0. The molecular weight excluding hydrogens is 1040 g/mol. The van der Waals surface area contributed by atoms with E-state index in [4.69, 9.17) is 14.7 Å². The van der Waals surface area contributed by atoms with Crippen LogP contribution in [0.25, 0.3) is 22.1 Å². The molecule has 6 atom stereocenters. The van der Waals surface area contributed by atoms with E-state index < -0.39 is 83.3 Å². The molecule has 4 amide bonds. The fraction of sp³-hybridized carbons (Fsp3) is 0.464. The van der Waals surface area contributed by atoms with Gasteiger partial charge in [0.1, 0.15) is 58.4 Å². The van der Waals surface area contributed by atoms with E-state index in [-0.39, 0.29) is 102 Å². The van der Waals surface area contributed by atoms with Crippen molar-refractivity contribution < 1.29 is 55.4 Å². The van der Waals surface area contributed by atoms with Gasteiger partial charge in [0.25, 0.3) is 0 Å². The molecule has 0 radical (unpaired) electrons. The zero-order chi connectivity index (χ0) is 56.3. The predicted molar refractivity (Wildman–Crippen MR) is 282 cm³/mol. The second-order valence-corrected chi connectivity index (χ2v) is 21.7. The van der Waals surface area contributed by atoms with Crippen LogP contribution in [0.15, 0.2) is 54.6 Å². The number of imidazole rings is 2. The first kappa shape index (κ1) is 54.6. The summed E-state index contributed by atoms with van der Waals surface area (Å²) < 4.78 is 102. The van der Waals surface area contributed by atoms with Gasteiger partial charge in [0, 0.05) is 75.3 Å². The number of ether oxygens (including phenoxy) is 1. The van der Waals surface area contributed by atoms with Crippen LogP contribution >= 0.6 is 0 Å². The molecule has 4 aliphatic rings. The summed E-state index contributed by atoms with van der Waals surface area (Å²) in [6.07, 6.45) is 0.659. The van der Waals surface area contributed by atoms with Crippen LogP contribution in [0.2, 0.25) is 0 Å². The molecule has 0 spiro atoms. The van der Waals surface area contributed by atoms with Crippen molar-refractivity contribution in [1.82, 2.24) is 40.0 Å². The van der Waals surface area contributed by atoms with Gasteiger partial charge in [-0.1, -0.05) is 33.8 Å². The molecule has 10 rings (SSSR count). The maximum Gasteiger partial charge on any atom is 0.407 e. The Morgan fingerprint density at radius 3 is 1.54 bits per heavy atom. The standard InChI is InChI=1S/C56H63F6N11O6/c1-28(2)47(67-55(76)79-6)53(74)71-16-8-12-45(71)51-63-39-24-31(35(59)26-41(39)65-51)43-14-15-44(73(43)30-22-37(61)50(38(62)23-30)70-20-18-69(19-21-70)49-33(57)10-7-11-34(49)58)32-25-40-42(27-36(32)60)66-52(64-40)46-13-9-17-72(46)54(75)48(29(3)4)68(5)56(77)78/h7,10-11,22-29,43-48H,8-9,12-21H2,1-6H3,(H,63,65)(H,64,66)(H,67,76)(H,77,78)/t43-,44-,45+,46+,47+,48+/m1/s1. The SMILES string of the molecule is COC(=O)N[C@H](C(=O)N1CCC[C@H]1c1nc2cc(F)c([C@H]3CC[C@H](c4cc5[nH]c([C@@H]6CCCN6C(=O)[C@H](C(C)C)N(C)C(=O)O)nc5cc4F)N3c3cc(F)c(N4CCN(c5c(F)cccc5F)CC4)c(F)c3)cc2[nH]1)C(C)C. The molecule has 4 N–H and O–H groups in total. The number of para-hydroxylation sites is 1. The smallest absolute Gasteiger partial charge is 0.407 e. The lowest BCUT2D eigenvalue weighted by Crippen LogP contribution is -2.51. The molecule has 0 bridgehead atoms. The summed E-state index contributed by atoms with van der Waals surface area (Å²) in [5, 5.41) is 12.4. The van der Waals surface area contributed by atoms with Gasteiger partial charge in [0.15, 0.2) is 11.6 Å². The molecule has 2 aromatic heterocycles. The Hall–Kier alpha value is -7.72. The molecule has 23 heteroatoms. The third kappa shape index (κ3) is 10.2. The van der Waals surface area contributed by atoms with E-state index in [0.717, 1.165) is 29.2 Å². The highest BCUT2D eigenvalue weighted by Gasteiger charge is 2.43. The van der Waals surface area contributed by atoms with E-state index in [1.165, 1.54) is 42.2 Å². The number of methoxy groups -OCH3 is 1. The zero-order valence-corrected chi connectivity index (χ0v) is 44.6. The number of fused-ring (bicyclic) bond motifs is 2. The van der Waals surface area contributed by atoms with Gasteiger partial charge in [-0.3, -0.25) is 14.5 Å². The molecule has 4 aliphatic heterocycles. The Bertz CT molecular complexity index is 3290. The average molecular weight is 1100 g/mol. The predicted octanol–water partition coefficient (Wildman–Crippen LogP) is 10.0. The van der Waals surface area contributed by atoms with Gasteiger partial charge in [0.2, 0.25) is 11.8 Å². The summed E-state index contributed by atoms with van der Waals surface area (Å²) in [6, 6.07) is 6.59. The van der Waals surface area contributed by atoms with Gasteiger partial charge in [-0.25, -0.2) is 45.9 Å². The average Bonchev–Trinajstić information content (AvgIpc) is 4.49. The first-order chi connectivity index (χ1) is 37.7. The number of aromatic nitrogens is 4. The number of hydrogen-bond donors (Lipinski definition) is 4. The van der Waals surface area contributed by atoms with Crippen LogP contribution in [0.1, 0.15) is 113 Å². The summed E-state index contributed by atoms with van der Waals surface area (Å²) in [5.41, 5.74) is 0.944. The first-order valence-electron chi connectivity index (χ1n) is 26.7. The van der Waals surface area contributed by atoms with Gasteiger partial charge in [-0.05, 0) is 86.8 Å². The van der Waals surface area contributed by atoms with Crippen LogP contribution < -0.4 is 20.0 Å². The van der Waals surface area contributed by atoms with Gasteiger partial charge < -0.3 is 49.6 Å². The van der Waals surface area contributed by atoms with Gasteiger partial charge in [-0.15, -0.1) is 0 Å². The second-order valence-electron chi connectivity index (χ2n) is 21.7. The zero-order valence-electron chi connectivity index (χ0n) is 44.6. The Morgan fingerprint density at radius 2 is 1.10 bits per heavy atom. The van der Waals surface area contributed by atoms with E-state index in [2.05, 4.69) is 15.3 Å². The van der Waals surface area contributed by atoms with Gasteiger partial charge in [0.05, 0.1) is 53.3 Å². The maximum atomic E-state index is 17.0. The maximum absolute atomic E-state index is 17.0. The number of H-pyrrole nitrogens is 2. The number of hydrogen-bond acceptors (Lipinski definition) is 10. The van der Waals surface area contributed by atoms with Crippen molar-refractivity contribution in [3.63, 3.8) is 0 Å². The third-order valence-electron chi connectivity index (χ3n) is 16.2. The molecule has 0 saturated carbocycles. The number of likely N-dealkylation sites (tertiary alicyclic amines) is 2. The van der Waals surface area contributed by atoms with Crippen molar-refractivity contribution in [2.75, 3.05) is 68.1 Å².